The van der Waals surface area contributed by atoms with Gasteiger partial charge in [0.25, 0.3) is 0 Å². The van der Waals surface area contributed by atoms with Crippen LogP contribution in [0, 0.1) is 5.92 Å². The number of nitrogens with one attached hydrogen (secondary N) is 1. The number of carbonyl (C=O) groups is 1. The molecule has 1 amide bonds. The Labute approximate surface area is 154 Å². The van der Waals surface area contributed by atoms with Gasteiger partial charge in [0.15, 0.2) is 0 Å². The van der Waals surface area contributed by atoms with Gasteiger partial charge in [0, 0.05) is 19.1 Å². The summed E-state index contributed by atoms with van der Waals surface area (Å²) in [7, 11) is -3.67. The molecule has 1 aromatic carbocycles. The van der Waals surface area contributed by atoms with Gasteiger partial charge in [0.05, 0.1) is 36.3 Å². The summed E-state index contributed by atoms with van der Waals surface area (Å²) in [5.74, 6) is -0.301. The van der Waals surface area contributed by atoms with E-state index in [1.165, 1.54) is 16.4 Å². The van der Waals surface area contributed by atoms with Crippen molar-refractivity contribution in [3.05, 3.63) is 18.2 Å². The van der Waals surface area contributed by atoms with Crippen LogP contribution in [-0.4, -0.2) is 57.6 Å². The van der Waals surface area contributed by atoms with Crippen LogP contribution < -0.4 is 15.8 Å². The molecule has 2 rings (SSSR count). The lowest BCUT2D eigenvalue weighted by Gasteiger charge is -2.26. The van der Waals surface area contributed by atoms with Gasteiger partial charge in [-0.05, 0) is 32.0 Å². The van der Waals surface area contributed by atoms with E-state index in [4.69, 9.17) is 15.2 Å². The van der Waals surface area contributed by atoms with Crippen LogP contribution in [0.1, 0.15) is 20.8 Å². The maximum atomic E-state index is 12.8. The number of hydrogen-bond acceptors (Lipinski definition) is 6. The van der Waals surface area contributed by atoms with Crippen LogP contribution in [0.2, 0.25) is 0 Å². The number of nitrogens with two attached hydrogens (primary N) is 1. The summed E-state index contributed by atoms with van der Waals surface area (Å²) in [6.07, 6.45) is 0. The second-order valence-corrected chi connectivity index (χ2v) is 8.18. The van der Waals surface area contributed by atoms with Crippen LogP contribution in [0.15, 0.2) is 23.1 Å². The lowest BCUT2D eigenvalue weighted by Crippen LogP contribution is -2.40. The second kappa shape index (κ2) is 8.81. The summed E-state index contributed by atoms with van der Waals surface area (Å²) >= 11 is 0. The van der Waals surface area contributed by atoms with E-state index in [0.717, 1.165) is 0 Å². The Morgan fingerprint density at radius 3 is 2.58 bits per heavy atom. The third-order valence-corrected chi connectivity index (χ3v) is 6.21. The minimum Gasteiger partial charge on any atom is -0.492 e. The molecule has 3 N–H and O–H groups in total. The fourth-order valence-electron chi connectivity index (χ4n) is 2.47. The molecule has 1 aromatic rings. The number of rotatable bonds is 7. The first-order chi connectivity index (χ1) is 12.3. The first kappa shape index (κ1) is 20.6. The largest absolute Gasteiger partial charge is 0.492 e. The molecule has 0 spiro atoms. The highest BCUT2D eigenvalue weighted by atomic mass is 32.2. The van der Waals surface area contributed by atoms with Gasteiger partial charge in [0.2, 0.25) is 15.9 Å². The van der Waals surface area contributed by atoms with Crippen LogP contribution >= 0.6 is 0 Å². The number of amides is 1. The van der Waals surface area contributed by atoms with E-state index in [0.29, 0.717) is 44.3 Å². The Bertz CT molecular complexity index is 730. The van der Waals surface area contributed by atoms with E-state index in [1.807, 2.05) is 6.92 Å². The fraction of sp³-hybridized carbons (Fsp3) is 0.588. The van der Waals surface area contributed by atoms with Crippen molar-refractivity contribution >= 4 is 21.6 Å². The molecule has 8 nitrogen and oxygen atoms in total. The molecule has 2 unspecified atom stereocenters. The van der Waals surface area contributed by atoms with Crippen molar-refractivity contribution in [1.82, 2.24) is 4.31 Å². The van der Waals surface area contributed by atoms with Crippen molar-refractivity contribution in [2.24, 2.45) is 11.7 Å². The summed E-state index contributed by atoms with van der Waals surface area (Å²) in [6.45, 7) is 7.01. The first-order valence-corrected chi connectivity index (χ1v) is 10.1. The summed E-state index contributed by atoms with van der Waals surface area (Å²) in [5, 5.41) is 2.74. The Morgan fingerprint density at radius 1 is 1.35 bits per heavy atom. The Kier molecular flexibility index (Phi) is 6.99. The number of ether oxygens (including phenoxy) is 2. The zero-order valence-corrected chi connectivity index (χ0v) is 16.2. The van der Waals surface area contributed by atoms with Gasteiger partial charge < -0.3 is 20.5 Å². The van der Waals surface area contributed by atoms with E-state index in [1.54, 1.807) is 19.9 Å². The summed E-state index contributed by atoms with van der Waals surface area (Å²) < 4.78 is 37.8. The molecule has 1 fully saturated rings. The molecule has 1 saturated heterocycles. The van der Waals surface area contributed by atoms with Gasteiger partial charge >= 0.3 is 0 Å². The maximum absolute atomic E-state index is 12.8. The van der Waals surface area contributed by atoms with E-state index >= 15 is 0 Å². The van der Waals surface area contributed by atoms with E-state index < -0.39 is 15.9 Å². The predicted molar refractivity (Wildman–Crippen MR) is 98.6 cm³/mol. The van der Waals surface area contributed by atoms with Crippen LogP contribution in [0.4, 0.5) is 5.69 Å². The van der Waals surface area contributed by atoms with Crippen molar-refractivity contribution in [3.63, 3.8) is 0 Å². The van der Waals surface area contributed by atoms with Crippen molar-refractivity contribution < 1.29 is 22.7 Å². The average molecular weight is 385 g/mol. The van der Waals surface area contributed by atoms with Gasteiger partial charge in [-0.3, -0.25) is 4.79 Å². The number of sulfonamides is 1. The van der Waals surface area contributed by atoms with E-state index in [9.17, 15) is 13.2 Å². The molecule has 0 radical (unpaired) electrons. The number of benzene rings is 1. The minimum absolute atomic E-state index is 0.103. The number of nitrogens with zero attached hydrogens (tertiary/aromatic N) is 1. The molecule has 0 bridgehead atoms. The molecule has 1 aliphatic heterocycles. The predicted octanol–water partition coefficient (Wildman–Crippen LogP) is 1.03. The van der Waals surface area contributed by atoms with Crippen LogP contribution in [0.3, 0.4) is 0 Å². The highest BCUT2D eigenvalue weighted by Crippen LogP contribution is 2.30. The van der Waals surface area contributed by atoms with Gasteiger partial charge in [0.1, 0.15) is 5.75 Å². The normalized spacial score (nSPS) is 18.2. The van der Waals surface area contributed by atoms with Gasteiger partial charge in [-0.2, -0.15) is 4.31 Å². The van der Waals surface area contributed by atoms with Crippen LogP contribution in [0.25, 0.3) is 0 Å². The SMILES string of the molecule is CCOc1ccc(S(=O)(=O)N2CCOCC2)cc1NC(=O)C(C)C(C)N. The zero-order chi connectivity index (χ0) is 19.3. The molecule has 1 aliphatic rings. The smallest absolute Gasteiger partial charge is 0.243 e. The molecule has 0 aromatic heterocycles. The lowest BCUT2D eigenvalue weighted by molar-refractivity contribution is -0.119. The molecule has 0 aliphatic carbocycles. The number of hydrogen-bond donors (Lipinski definition) is 2. The molecule has 1 heterocycles. The standard InChI is InChI=1S/C17H27N3O5S/c1-4-25-16-6-5-14(26(22,23)20-7-9-24-10-8-20)11-15(16)19-17(21)12(2)13(3)18/h5-6,11-13H,4,7-10,18H2,1-3H3,(H,19,21). The number of carbonyl (C=O) groups excluding carboxylic acids is 1. The third-order valence-electron chi connectivity index (χ3n) is 4.32. The van der Waals surface area contributed by atoms with Crippen LogP contribution in [-0.2, 0) is 19.6 Å². The highest BCUT2D eigenvalue weighted by Gasteiger charge is 2.28. The quantitative estimate of drug-likeness (QED) is 0.725. The van der Waals surface area contributed by atoms with Crippen molar-refractivity contribution in [2.75, 3.05) is 38.2 Å². The molecule has 2 atom stereocenters. The topological polar surface area (TPSA) is 111 Å². The van der Waals surface area contributed by atoms with Gasteiger partial charge in [-0.15, -0.1) is 0 Å². The maximum Gasteiger partial charge on any atom is 0.243 e. The summed E-state index contributed by atoms with van der Waals surface area (Å²) in [6, 6.07) is 4.15. The Hall–Kier alpha value is -1.68. The van der Waals surface area contributed by atoms with Crippen LogP contribution in [0.5, 0.6) is 5.75 Å². The molecular weight excluding hydrogens is 358 g/mol. The highest BCUT2D eigenvalue weighted by molar-refractivity contribution is 7.89. The fourth-order valence-corrected chi connectivity index (χ4v) is 3.90. The number of morpholine rings is 1. The Balaban J connectivity index is 2.33. The van der Waals surface area contributed by atoms with Crippen molar-refractivity contribution in [2.45, 2.75) is 31.7 Å². The molecule has 146 valence electrons. The Morgan fingerprint density at radius 2 is 2.00 bits per heavy atom. The molecule has 0 saturated carbocycles. The monoisotopic (exact) mass is 385 g/mol. The average Bonchev–Trinajstić information content (AvgIpc) is 2.63. The third kappa shape index (κ3) is 4.73. The summed E-state index contributed by atoms with van der Waals surface area (Å²) in [4.78, 5) is 12.5. The first-order valence-electron chi connectivity index (χ1n) is 8.68. The molecule has 9 heteroatoms. The zero-order valence-electron chi connectivity index (χ0n) is 15.4. The van der Waals surface area contributed by atoms with Crippen molar-refractivity contribution in [3.8, 4) is 5.75 Å². The minimum atomic E-state index is -3.67. The second-order valence-electron chi connectivity index (χ2n) is 6.24. The van der Waals surface area contributed by atoms with Gasteiger partial charge in [-0.1, -0.05) is 6.92 Å². The molecule has 26 heavy (non-hydrogen) atoms. The lowest BCUT2D eigenvalue weighted by atomic mass is 10.0. The molecular formula is C17H27N3O5S. The van der Waals surface area contributed by atoms with Crippen molar-refractivity contribution in [1.29, 1.82) is 0 Å². The van der Waals surface area contributed by atoms with E-state index in [-0.39, 0.29) is 16.8 Å². The van der Waals surface area contributed by atoms with E-state index in [2.05, 4.69) is 5.32 Å². The van der Waals surface area contributed by atoms with Gasteiger partial charge in [-0.25, -0.2) is 8.42 Å². The number of anilines is 1. The summed E-state index contributed by atoms with van der Waals surface area (Å²) in [5.41, 5.74) is 6.10.